The first kappa shape index (κ1) is 16.7. The zero-order chi connectivity index (χ0) is 16.9. The van der Waals surface area contributed by atoms with Gasteiger partial charge >= 0.3 is 0 Å². The third kappa shape index (κ3) is 3.20. The van der Waals surface area contributed by atoms with Crippen LogP contribution in [-0.2, 0) is 11.2 Å². The van der Waals surface area contributed by atoms with Crippen molar-refractivity contribution in [2.45, 2.75) is 20.3 Å². The summed E-state index contributed by atoms with van der Waals surface area (Å²) in [7, 11) is 1.66. The molecule has 0 unspecified atom stereocenters. The van der Waals surface area contributed by atoms with Crippen LogP contribution in [0.3, 0.4) is 0 Å². The summed E-state index contributed by atoms with van der Waals surface area (Å²) < 4.78 is 18.4. The smallest absolute Gasteiger partial charge is 0.234 e. The highest BCUT2D eigenvalue weighted by molar-refractivity contribution is 7.19. The summed E-state index contributed by atoms with van der Waals surface area (Å²) in [5, 5.41) is 13.8. The van der Waals surface area contributed by atoms with Crippen molar-refractivity contribution in [2.75, 3.05) is 26.9 Å². The molecule has 7 nitrogen and oxygen atoms in total. The Morgan fingerprint density at radius 3 is 2.71 bits per heavy atom. The van der Waals surface area contributed by atoms with Crippen molar-refractivity contribution in [2.24, 2.45) is 0 Å². The van der Waals surface area contributed by atoms with Crippen LogP contribution in [-0.4, -0.2) is 46.7 Å². The molecule has 0 saturated carbocycles. The molecule has 0 bridgehead atoms. The average molecular weight is 348 g/mol. The van der Waals surface area contributed by atoms with Gasteiger partial charge in [-0.25, -0.2) is 0 Å². The zero-order valence-corrected chi connectivity index (χ0v) is 14.8. The van der Waals surface area contributed by atoms with Gasteiger partial charge in [0, 0.05) is 13.5 Å². The molecule has 3 rings (SSSR count). The second-order valence-corrected chi connectivity index (χ2v) is 5.92. The largest absolute Gasteiger partial charge is 0.490 e. The van der Waals surface area contributed by atoms with Crippen molar-refractivity contribution >= 4 is 16.3 Å². The summed E-state index contributed by atoms with van der Waals surface area (Å²) in [6.07, 6.45) is 0.665. The van der Waals surface area contributed by atoms with E-state index in [1.807, 2.05) is 32.0 Å². The van der Waals surface area contributed by atoms with E-state index in [4.69, 9.17) is 14.2 Å². The van der Waals surface area contributed by atoms with E-state index < -0.39 is 0 Å². The predicted molar refractivity (Wildman–Crippen MR) is 92.0 cm³/mol. The molecule has 0 fully saturated rings. The Hall–Kier alpha value is -2.19. The molecule has 0 atom stereocenters. The number of methoxy groups -OCH3 is 1. The summed E-state index contributed by atoms with van der Waals surface area (Å²) in [5.74, 6) is 2.22. The summed E-state index contributed by atoms with van der Waals surface area (Å²) in [6.45, 7) is 5.62. The van der Waals surface area contributed by atoms with E-state index >= 15 is 0 Å². The zero-order valence-electron chi connectivity index (χ0n) is 14.0. The molecule has 8 heteroatoms. The fraction of sp³-hybridized carbons (Fsp3) is 0.438. The average Bonchev–Trinajstić information content (AvgIpc) is 3.16. The molecule has 0 spiro atoms. The lowest BCUT2D eigenvalue weighted by Crippen LogP contribution is -2.02. The van der Waals surface area contributed by atoms with Crippen molar-refractivity contribution in [1.82, 2.24) is 19.8 Å². The fourth-order valence-corrected chi connectivity index (χ4v) is 3.24. The van der Waals surface area contributed by atoms with Crippen molar-refractivity contribution in [3.63, 3.8) is 0 Å². The van der Waals surface area contributed by atoms with Gasteiger partial charge in [0.15, 0.2) is 22.3 Å². The molecule has 24 heavy (non-hydrogen) atoms. The summed E-state index contributed by atoms with van der Waals surface area (Å²) >= 11 is 1.47. The molecule has 128 valence electrons. The fourth-order valence-electron chi connectivity index (χ4n) is 2.36. The van der Waals surface area contributed by atoms with Crippen molar-refractivity contribution in [3.05, 3.63) is 24.0 Å². The van der Waals surface area contributed by atoms with Crippen LogP contribution in [0, 0.1) is 0 Å². The number of nitrogens with zero attached hydrogens (tertiary/aromatic N) is 4. The molecule has 0 aliphatic heterocycles. The van der Waals surface area contributed by atoms with Gasteiger partial charge in [0.1, 0.15) is 0 Å². The third-order valence-corrected chi connectivity index (χ3v) is 4.32. The minimum absolute atomic E-state index is 0.556. The highest BCUT2D eigenvalue weighted by Gasteiger charge is 2.18. The standard InChI is InChI=1S/C16H20N4O3S/c1-4-22-12-8-6-7-11(14(12)23-5-2)15-19-20-13(9-10-21-3)17-18-16(20)24-15/h6-8H,4-5,9-10H2,1-3H3. The molecule has 0 N–H and O–H groups in total. The van der Waals surface area contributed by atoms with Gasteiger partial charge < -0.3 is 14.2 Å². The van der Waals surface area contributed by atoms with Crippen LogP contribution in [0.25, 0.3) is 15.5 Å². The molecule has 0 amide bonds. The van der Waals surface area contributed by atoms with Crippen LogP contribution in [0.1, 0.15) is 19.7 Å². The van der Waals surface area contributed by atoms with Gasteiger partial charge in [0.05, 0.1) is 25.4 Å². The van der Waals surface area contributed by atoms with Gasteiger partial charge in [-0.05, 0) is 26.0 Å². The van der Waals surface area contributed by atoms with Gasteiger partial charge in [-0.1, -0.05) is 17.4 Å². The second kappa shape index (κ2) is 7.59. The summed E-state index contributed by atoms with van der Waals surface area (Å²) in [5.41, 5.74) is 0.899. The third-order valence-electron chi connectivity index (χ3n) is 3.38. The second-order valence-electron chi connectivity index (χ2n) is 4.96. The quantitative estimate of drug-likeness (QED) is 0.623. The number of ether oxygens (including phenoxy) is 3. The van der Waals surface area contributed by atoms with E-state index in [0.29, 0.717) is 32.0 Å². The molecule has 2 aromatic heterocycles. The molecular formula is C16H20N4O3S. The molecule has 1 aromatic carbocycles. The van der Waals surface area contributed by atoms with Crippen molar-refractivity contribution in [1.29, 1.82) is 0 Å². The highest BCUT2D eigenvalue weighted by Crippen LogP contribution is 2.39. The van der Waals surface area contributed by atoms with Crippen LogP contribution in [0.15, 0.2) is 18.2 Å². The first-order valence-electron chi connectivity index (χ1n) is 7.87. The Bertz CT molecular complexity index is 815. The molecule has 0 saturated heterocycles. The van der Waals surface area contributed by atoms with E-state index in [0.717, 1.165) is 27.1 Å². The summed E-state index contributed by atoms with van der Waals surface area (Å²) in [4.78, 5) is 0.750. The van der Waals surface area contributed by atoms with Gasteiger partial charge in [-0.2, -0.15) is 9.61 Å². The van der Waals surface area contributed by atoms with Crippen molar-refractivity contribution in [3.8, 4) is 22.1 Å². The number of hydrogen-bond acceptors (Lipinski definition) is 7. The number of aromatic nitrogens is 4. The summed E-state index contributed by atoms with van der Waals surface area (Å²) in [6, 6.07) is 5.83. The van der Waals surface area contributed by atoms with Crippen LogP contribution < -0.4 is 9.47 Å². The minimum Gasteiger partial charge on any atom is -0.490 e. The first-order valence-corrected chi connectivity index (χ1v) is 8.69. The number of fused-ring (bicyclic) bond motifs is 1. The van der Waals surface area contributed by atoms with Crippen LogP contribution in [0.2, 0.25) is 0 Å². The molecule has 0 aliphatic carbocycles. The maximum absolute atomic E-state index is 5.82. The van der Waals surface area contributed by atoms with E-state index in [-0.39, 0.29) is 0 Å². The predicted octanol–water partition coefficient (Wildman–Crippen LogP) is 2.84. The lowest BCUT2D eigenvalue weighted by Gasteiger charge is -2.13. The Morgan fingerprint density at radius 1 is 1.12 bits per heavy atom. The molecular weight excluding hydrogens is 328 g/mol. The SMILES string of the molecule is CCOc1cccc(-c2nn3c(CCOC)nnc3s2)c1OCC. The molecule has 0 aliphatic rings. The topological polar surface area (TPSA) is 70.8 Å². The molecule has 0 radical (unpaired) electrons. The minimum atomic E-state index is 0.556. The van der Waals surface area contributed by atoms with Gasteiger partial charge in [-0.15, -0.1) is 10.2 Å². The van der Waals surface area contributed by atoms with Gasteiger partial charge in [0.25, 0.3) is 0 Å². The van der Waals surface area contributed by atoms with Gasteiger partial charge in [-0.3, -0.25) is 0 Å². The van der Waals surface area contributed by atoms with E-state index in [2.05, 4.69) is 15.3 Å². The molecule has 3 aromatic rings. The van der Waals surface area contributed by atoms with Crippen LogP contribution >= 0.6 is 11.3 Å². The normalized spacial score (nSPS) is 11.1. The monoisotopic (exact) mass is 348 g/mol. The highest BCUT2D eigenvalue weighted by atomic mass is 32.1. The Morgan fingerprint density at radius 2 is 1.96 bits per heavy atom. The Labute approximate surface area is 144 Å². The Balaban J connectivity index is 2.03. The number of hydrogen-bond donors (Lipinski definition) is 0. The lowest BCUT2D eigenvalue weighted by atomic mass is 10.2. The number of para-hydroxylation sites is 1. The number of rotatable bonds is 8. The maximum Gasteiger partial charge on any atom is 0.234 e. The lowest BCUT2D eigenvalue weighted by molar-refractivity contribution is 0.200. The van der Waals surface area contributed by atoms with E-state index in [9.17, 15) is 0 Å². The van der Waals surface area contributed by atoms with E-state index in [1.165, 1.54) is 11.3 Å². The Kier molecular flexibility index (Phi) is 5.27. The number of benzene rings is 1. The van der Waals surface area contributed by atoms with E-state index in [1.54, 1.807) is 11.6 Å². The maximum atomic E-state index is 5.82. The van der Waals surface area contributed by atoms with Crippen LogP contribution in [0.5, 0.6) is 11.5 Å². The van der Waals surface area contributed by atoms with Crippen LogP contribution in [0.4, 0.5) is 0 Å². The van der Waals surface area contributed by atoms with Crippen molar-refractivity contribution < 1.29 is 14.2 Å². The van der Waals surface area contributed by atoms with Gasteiger partial charge in [0.2, 0.25) is 4.96 Å². The first-order chi connectivity index (χ1) is 11.8. The molecule has 2 heterocycles.